The molecule has 2 unspecified atom stereocenters. The monoisotopic (exact) mass is 339 g/mol. The number of hydrogen-bond acceptors (Lipinski definition) is 7. The molecule has 0 aromatic carbocycles. The van der Waals surface area contributed by atoms with Crippen molar-refractivity contribution in [2.24, 2.45) is 5.92 Å². The Morgan fingerprint density at radius 1 is 1.04 bits per heavy atom. The lowest BCUT2D eigenvalue weighted by Crippen LogP contribution is -2.49. The van der Waals surface area contributed by atoms with Crippen LogP contribution in [0, 0.1) is 12.8 Å². The molecule has 0 saturated carbocycles. The average Bonchev–Trinajstić information content (AvgIpc) is 3.05. The number of aromatic nitrogens is 4. The molecule has 0 bridgehead atoms. The molecule has 132 valence electrons. The molecule has 25 heavy (non-hydrogen) atoms. The first-order chi connectivity index (χ1) is 12.1. The molecule has 7 nitrogen and oxygen atoms in total. The molecule has 0 radical (unpaired) electrons. The van der Waals surface area contributed by atoms with E-state index >= 15 is 0 Å². The first-order valence-electron chi connectivity index (χ1n) is 8.92. The molecular formula is C18H25N7. The van der Waals surface area contributed by atoms with Crippen molar-refractivity contribution < 1.29 is 0 Å². The third kappa shape index (κ3) is 3.10. The van der Waals surface area contributed by atoms with Gasteiger partial charge in [0.25, 0.3) is 0 Å². The molecule has 0 aliphatic carbocycles. The molecule has 4 rings (SSSR count). The van der Waals surface area contributed by atoms with E-state index in [0.717, 1.165) is 42.9 Å². The fraction of sp³-hybridized carbons (Fsp3) is 0.556. The van der Waals surface area contributed by atoms with Crippen LogP contribution in [-0.4, -0.2) is 59.7 Å². The fourth-order valence-corrected chi connectivity index (χ4v) is 3.85. The van der Waals surface area contributed by atoms with E-state index in [4.69, 9.17) is 4.98 Å². The first kappa shape index (κ1) is 16.1. The van der Waals surface area contributed by atoms with Gasteiger partial charge in [-0.1, -0.05) is 0 Å². The highest BCUT2D eigenvalue weighted by molar-refractivity contribution is 5.45. The second-order valence-electron chi connectivity index (χ2n) is 7.21. The molecule has 2 fully saturated rings. The van der Waals surface area contributed by atoms with Crippen molar-refractivity contribution in [3.05, 3.63) is 30.2 Å². The topological polar surface area (TPSA) is 61.3 Å². The summed E-state index contributed by atoms with van der Waals surface area (Å²) in [7, 11) is 4.02. The van der Waals surface area contributed by atoms with Crippen molar-refractivity contribution in [2.75, 3.05) is 48.4 Å². The number of aryl methyl sites for hydroxylation is 1. The Bertz CT molecular complexity index is 730. The van der Waals surface area contributed by atoms with Gasteiger partial charge in [-0.05, 0) is 37.3 Å². The Morgan fingerprint density at radius 3 is 2.56 bits per heavy atom. The summed E-state index contributed by atoms with van der Waals surface area (Å²) in [5, 5.41) is 0. The number of nitrogens with zero attached hydrogens (tertiary/aromatic N) is 7. The van der Waals surface area contributed by atoms with Crippen molar-refractivity contribution >= 4 is 17.7 Å². The maximum absolute atomic E-state index is 4.75. The van der Waals surface area contributed by atoms with Crippen molar-refractivity contribution in [2.45, 2.75) is 25.8 Å². The van der Waals surface area contributed by atoms with Gasteiger partial charge in [0.2, 0.25) is 11.9 Å². The van der Waals surface area contributed by atoms with Gasteiger partial charge in [-0.2, -0.15) is 4.98 Å². The minimum atomic E-state index is 0.427. The Morgan fingerprint density at radius 2 is 1.80 bits per heavy atom. The molecule has 2 atom stereocenters. The molecule has 0 amide bonds. The SMILES string of the molecule is Cc1cnc(N2CCC3CCN(c4nccc(N(C)C)n4)C3C2)nc1. The minimum absolute atomic E-state index is 0.427. The van der Waals surface area contributed by atoms with Crippen LogP contribution in [0.3, 0.4) is 0 Å². The Balaban J connectivity index is 1.56. The second-order valence-corrected chi connectivity index (χ2v) is 7.21. The zero-order valence-corrected chi connectivity index (χ0v) is 15.1. The van der Waals surface area contributed by atoms with E-state index in [0.29, 0.717) is 12.0 Å². The molecule has 0 spiro atoms. The average molecular weight is 339 g/mol. The number of anilines is 3. The van der Waals surface area contributed by atoms with Crippen LogP contribution < -0.4 is 14.7 Å². The molecule has 2 aromatic rings. The number of rotatable bonds is 3. The Labute approximate surface area is 148 Å². The van der Waals surface area contributed by atoms with Gasteiger partial charge in [0.15, 0.2) is 0 Å². The zero-order chi connectivity index (χ0) is 17.4. The van der Waals surface area contributed by atoms with E-state index in [1.165, 1.54) is 12.8 Å². The normalized spacial score (nSPS) is 22.8. The maximum Gasteiger partial charge on any atom is 0.227 e. The third-order valence-corrected chi connectivity index (χ3v) is 5.26. The summed E-state index contributed by atoms with van der Waals surface area (Å²) in [6.07, 6.45) is 8.03. The van der Waals surface area contributed by atoms with Gasteiger partial charge in [-0.15, -0.1) is 0 Å². The fourth-order valence-electron chi connectivity index (χ4n) is 3.85. The summed E-state index contributed by atoms with van der Waals surface area (Å²) in [5.41, 5.74) is 1.09. The molecular weight excluding hydrogens is 314 g/mol. The van der Waals surface area contributed by atoms with E-state index in [2.05, 4.69) is 24.8 Å². The lowest BCUT2D eigenvalue weighted by atomic mass is 9.92. The predicted octanol–water partition coefficient (Wildman–Crippen LogP) is 1.75. The molecule has 0 N–H and O–H groups in total. The smallest absolute Gasteiger partial charge is 0.227 e. The first-order valence-corrected chi connectivity index (χ1v) is 8.92. The predicted molar refractivity (Wildman–Crippen MR) is 99.2 cm³/mol. The van der Waals surface area contributed by atoms with E-state index in [-0.39, 0.29) is 0 Å². The largest absolute Gasteiger partial charge is 0.363 e. The summed E-state index contributed by atoms with van der Waals surface area (Å²) in [6.45, 7) is 5.00. The van der Waals surface area contributed by atoms with Crippen LogP contribution in [0.1, 0.15) is 18.4 Å². The quantitative estimate of drug-likeness (QED) is 0.844. The van der Waals surface area contributed by atoms with Crippen molar-refractivity contribution in [3.8, 4) is 0 Å². The van der Waals surface area contributed by atoms with Crippen LogP contribution >= 0.6 is 0 Å². The van der Waals surface area contributed by atoms with Gasteiger partial charge in [0, 0.05) is 52.3 Å². The number of fused-ring (bicyclic) bond motifs is 1. The summed E-state index contributed by atoms with van der Waals surface area (Å²) in [5.74, 6) is 3.32. The molecule has 7 heteroatoms. The molecule has 2 aliphatic heterocycles. The Hall–Kier alpha value is -2.44. The van der Waals surface area contributed by atoms with E-state index < -0.39 is 0 Å². The molecule has 2 aromatic heterocycles. The summed E-state index contributed by atoms with van der Waals surface area (Å²) in [4.78, 5) is 25.0. The van der Waals surface area contributed by atoms with Crippen LogP contribution in [0.15, 0.2) is 24.7 Å². The summed E-state index contributed by atoms with van der Waals surface area (Å²) >= 11 is 0. The van der Waals surface area contributed by atoms with Crippen LogP contribution in [0.25, 0.3) is 0 Å². The molecule has 4 heterocycles. The van der Waals surface area contributed by atoms with Gasteiger partial charge in [0.05, 0.1) is 6.04 Å². The molecule has 2 aliphatic rings. The van der Waals surface area contributed by atoms with Crippen molar-refractivity contribution in [1.82, 2.24) is 19.9 Å². The van der Waals surface area contributed by atoms with Crippen LogP contribution in [0.2, 0.25) is 0 Å². The minimum Gasteiger partial charge on any atom is -0.363 e. The highest BCUT2D eigenvalue weighted by Gasteiger charge is 2.40. The highest BCUT2D eigenvalue weighted by atomic mass is 15.4. The van der Waals surface area contributed by atoms with Crippen LogP contribution in [-0.2, 0) is 0 Å². The van der Waals surface area contributed by atoms with E-state index in [9.17, 15) is 0 Å². The van der Waals surface area contributed by atoms with Crippen molar-refractivity contribution in [3.63, 3.8) is 0 Å². The lowest BCUT2D eigenvalue weighted by Gasteiger charge is -2.38. The summed E-state index contributed by atoms with van der Waals surface area (Å²) < 4.78 is 0. The van der Waals surface area contributed by atoms with Gasteiger partial charge in [-0.3, -0.25) is 0 Å². The lowest BCUT2D eigenvalue weighted by molar-refractivity contribution is 0.386. The van der Waals surface area contributed by atoms with Gasteiger partial charge in [0.1, 0.15) is 5.82 Å². The number of piperidine rings is 1. The van der Waals surface area contributed by atoms with E-state index in [1.807, 2.05) is 50.6 Å². The highest BCUT2D eigenvalue weighted by Crippen LogP contribution is 2.34. The standard InChI is InChI=1S/C18H25N7/c1-13-10-20-17(21-11-13)24-8-5-14-6-9-25(15(14)12-24)18-19-7-4-16(22-18)23(2)3/h4,7,10-11,14-15H,5-6,8-9,12H2,1-3H3. The van der Waals surface area contributed by atoms with Gasteiger partial charge < -0.3 is 14.7 Å². The summed E-state index contributed by atoms with van der Waals surface area (Å²) in [6, 6.07) is 2.38. The second kappa shape index (κ2) is 6.46. The third-order valence-electron chi connectivity index (χ3n) is 5.26. The van der Waals surface area contributed by atoms with Crippen molar-refractivity contribution in [1.29, 1.82) is 0 Å². The van der Waals surface area contributed by atoms with Gasteiger partial charge in [-0.25, -0.2) is 15.0 Å². The van der Waals surface area contributed by atoms with Gasteiger partial charge >= 0.3 is 0 Å². The van der Waals surface area contributed by atoms with Crippen LogP contribution in [0.4, 0.5) is 17.7 Å². The Kier molecular flexibility index (Phi) is 4.15. The maximum atomic E-state index is 4.75. The van der Waals surface area contributed by atoms with Crippen LogP contribution in [0.5, 0.6) is 0 Å². The van der Waals surface area contributed by atoms with E-state index in [1.54, 1.807) is 0 Å². The molecule has 2 saturated heterocycles. The zero-order valence-electron chi connectivity index (χ0n) is 15.1. The number of hydrogen-bond donors (Lipinski definition) is 0.